The molecule has 12 nitrogen and oxygen atoms in total. The summed E-state index contributed by atoms with van der Waals surface area (Å²) in [6.07, 6.45) is 1.42. The van der Waals surface area contributed by atoms with Crippen molar-refractivity contribution in [3.05, 3.63) is 144 Å². The van der Waals surface area contributed by atoms with Crippen LogP contribution in [-0.4, -0.2) is 58.9 Å². The van der Waals surface area contributed by atoms with E-state index in [2.05, 4.69) is 26.9 Å². The summed E-state index contributed by atoms with van der Waals surface area (Å²) < 4.78 is 10.3. The largest absolute Gasteiger partial charge is 0.495 e. The van der Waals surface area contributed by atoms with Gasteiger partial charge in [-0.2, -0.15) is 0 Å². The van der Waals surface area contributed by atoms with E-state index >= 15 is 0 Å². The fraction of sp³-hybridized carbons (Fsp3) is 0.292. The van der Waals surface area contributed by atoms with Gasteiger partial charge in [0, 0.05) is 122 Å². The minimum atomic E-state index is -0.0672. The SMILES string of the molecule is COc1ccc(C(C)N)cc1Cl.[C-]#[N+]c1ccc2nc3c(c(Cl)c2c1)CN(C(C)=O)CC3.[C-]#[N+]c1ccc2nc3c(c(NC(C)c4ccc(OC)c(Cl)c4)c2c1)CN(C(C)=O)CC3.[V]. The second kappa shape index (κ2) is 21.9. The number of benzene rings is 4. The molecule has 0 aliphatic carbocycles. The Bertz CT molecular complexity index is 2810. The second-order valence-electron chi connectivity index (χ2n) is 15.2. The third-order valence-electron chi connectivity index (χ3n) is 11.1. The minimum absolute atomic E-state index is 0. The number of nitrogens with two attached hydrogens (primary N) is 1. The molecule has 64 heavy (non-hydrogen) atoms. The molecule has 16 heteroatoms. The van der Waals surface area contributed by atoms with Crippen LogP contribution < -0.4 is 20.5 Å². The molecular formula is C48H47Cl3N8O4V. The number of pyridine rings is 2. The van der Waals surface area contributed by atoms with Crippen LogP contribution >= 0.6 is 34.8 Å². The molecule has 2 aromatic heterocycles. The molecular weight excluding hydrogens is 910 g/mol. The van der Waals surface area contributed by atoms with Crippen molar-refractivity contribution in [3.63, 3.8) is 0 Å². The van der Waals surface area contributed by atoms with Crippen molar-refractivity contribution in [3.8, 4) is 11.5 Å². The van der Waals surface area contributed by atoms with Crippen molar-refractivity contribution in [1.82, 2.24) is 19.8 Å². The number of rotatable bonds is 6. The van der Waals surface area contributed by atoms with Gasteiger partial charge in [0.15, 0.2) is 11.4 Å². The van der Waals surface area contributed by atoms with Crippen LogP contribution in [0.1, 0.15) is 73.4 Å². The number of hydrogen-bond acceptors (Lipinski definition) is 8. The normalized spacial score (nSPS) is 13.5. The molecule has 0 fully saturated rings. The summed E-state index contributed by atoms with van der Waals surface area (Å²) >= 11 is 18.7. The minimum Gasteiger partial charge on any atom is -0.495 e. The van der Waals surface area contributed by atoms with E-state index in [-0.39, 0.29) is 42.5 Å². The third-order valence-corrected chi connectivity index (χ3v) is 12.1. The standard InChI is InChI=1S/C24H23ClN4O2.C15H12ClN3O.C9H12ClNO.V/c1-14(16-5-8-23(31-4)20(25)11-16)27-24-18-12-17(26-3)6-7-21(18)28-22-9-10-29(15(2)30)13-19(22)24;1-9(20)19-6-5-14-12(8-19)15(16)11-7-10(17-2)3-4-13(11)18-14;1-6(11)7-3-4-9(12-2)8(10)5-7;/h5-8,11-12,14H,9-10,13H2,1-2,4H3,(H,27,28);3-4,7H,5-6,8H2,1H3;3-6H,11H2,1-2H3;. The monoisotopic (exact) mass is 955 g/mol. The molecule has 4 heterocycles. The molecule has 3 N–H and O–H groups in total. The van der Waals surface area contributed by atoms with Crippen LogP contribution in [0.5, 0.6) is 11.5 Å². The summed E-state index contributed by atoms with van der Waals surface area (Å²) in [7, 11) is 3.18. The summed E-state index contributed by atoms with van der Waals surface area (Å²) in [6, 6.07) is 22.1. The predicted molar refractivity (Wildman–Crippen MR) is 251 cm³/mol. The number of nitrogens with one attached hydrogen (secondary N) is 1. The van der Waals surface area contributed by atoms with Crippen LogP contribution in [0, 0.1) is 13.1 Å². The summed E-state index contributed by atoms with van der Waals surface area (Å²) in [5, 5.41) is 7.05. The van der Waals surface area contributed by atoms with Crippen molar-refractivity contribution < 1.29 is 37.6 Å². The summed E-state index contributed by atoms with van der Waals surface area (Å²) in [5.41, 5.74) is 15.2. The van der Waals surface area contributed by atoms with Crippen LogP contribution in [0.15, 0.2) is 72.8 Å². The first kappa shape index (κ1) is 49.4. The second-order valence-corrected chi connectivity index (χ2v) is 16.4. The van der Waals surface area contributed by atoms with Gasteiger partial charge in [0.05, 0.1) is 53.5 Å². The number of amides is 2. The Morgan fingerprint density at radius 1 is 0.719 bits per heavy atom. The number of ether oxygens (including phenoxy) is 2. The number of aromatic nitrogens is 2. The Balaban J connectivity index is 0.000000200. The smallest absolute Gasteiger partial charge is 0.219 e. The van der Waals surface area contributed by atoms with E-state index in [1.54, 1.807) is 51.2 Å². The molecule has 2 aliphatic rings. The number of methoxy groups -OCH3 is 2. The maximum Gasteiger partial charge on any atom is 0.219 e. The summed E-state index contributed by atoms with van der Waals surface area (Å²) in [4.78, 5) is 43.6. The first-order valence-electron chi connectivity index (χ1n) is 20.2. The zero-order valence-electron chi connectivity index (χ0n) is 36.3. The van der Waals surface area contributed by atoms with Gasteiger partial charge < -0.3 is 30.3 Å². The molecule has 8 rings (SSSR count). The number of halogens is 3. The van der Waals surface area contributed by atoms with Crippen molar-refractivity contribution in [1.29, 1.82) is 0 Å². The van der Waals surface area contributed by atoms with Gasteiger partial charge in [-0.15, -0.1) is 0 Å². The molecule has 329 valence electrons. The van der Waals surface area contributed by atoms with Crippen LogP contribution in [-0.2, 0) is 54.1 Å². The van der Waals surface area contributed by atoms with Gasteiger partial charge in [-0.1, -0.05) is 59.1 Å². The molecule has 0 bridgehead atoms. The fourth-order valence-electron chi connectivity index (χ4n) is 7.47. The Labute approximate surface area is 400 Å². The van der Waals surface area contributed by atoms with E-state index in [9.17, 15) is 9.59 Å². The first-order chi connectivity index (χ1) is 30.1. The van der Waals surface area contributed by atoms with Gasteiger partial charge in [0.1, 0.15) is 11.5 Å². The average Bonchev–Trinajstić information content (AvgIpc) is 3.28. The predicted octanol–water partition coefficient (Wildman–Crippen LogP) is 11.2. The Morgan fingerprint density at radius 3 is 1.67 bits per heavy atom. The van der Waals surface area contributed by atoms with E-state index in [4.69, 9.17) is 68.1 Å². The van der Waals surface area contributed by atoms with Crippen molar-refractivity contribution in [2.45, 2.75) is 65.7 Å². The number of carbonyl (C=O) groups excluding carboxylic acids is 2. The molecule has 2 atom stereocenters. The zero-order valence-corrected chi connectivity index (χ0v) is 40.0. The van der Waals surface area contributed by atoms with Gasteiger partial charge >= 0.3 is 0 Å². The fourth-order valence-corrected chi connectivity index (χ4v) is 8.32. The molecule has 0 saturated carbocycles. The number of fused-ring (bicyclic) bond motifs is 4. The average molecular weight is 957 g/mol. The maximum atomic E-state index is 12.0. The molecule has 0 saturated heterocycles. The van der Waals surface area contributed by atoms with Crippen molar-refractivity contribution >= 4 is 85.5 Å². The van der Waals surface area contributed by atoms with Crippen LogP contribution in [0.4, 0.5) is 17.1 Å². The van der Waals surface area contributed by atoms with Gasteiger partial charge in [-0.05, 0) is 73.5 Å². The maximum absolute atomic E-state index is 12.0. The molecule has 6 aromatic rings. The van der Waals surface area contributed by atoms with E-state index in [1.807, 2.05) is 66.4 Å². The summed E-state index contributed by atoms with van der Waals surface area (Å²) in [5.74, 6) is 1.40. The molecule has 2 amide bonds. The number of hydrogen-bond donors (Lipinski definition) is 2. The molecule has 0 spiro atoms. The van der Waals surface area contributed by atoms with Gasteiger partial charge in [-0.25, -0.2) is 9.69 Å². The number of anilines is 1. The number of nitrogens with zero attached hydrogens (tertiary/aromatic N) is 6. The molecule has 4 aromatic carbocycles. The third kappa shape index (κ3) is 11.2. The first-order valence-corrected chi connectivity index (χ1v) is 21.3. The number of carbonyl (C=O) groups is 2. The molecule has 1 radical (unpaired) electrons. The van der Waals surface area contributed by atoms with Crippen LogP contribution in [0.2, 0.25) is 15.1 Å². The van der Waals surface area contributed by atoms with E-state index in [1.165, 1.54) is 0 Å². The molecule has 2 aliphatic heterocycles. The van der Waals surface area contributed by atoms with Crippen LogP contribution in [0.3, 0.4) is 0 Å². The summed E-state index contributed by atoms with van der Waals surface area (Å²) in [6.45, 7) is 23.9. The Hall–Kier alpha value is -5.57. The molecule has 2 unspecified atom stereocenters. The topological polar surface area (TPSA) is 132 Å². The Morgan fingerprint density at radius 2 is 1.19 bits per heavy atom. The van der Waals surface area contributed by atoms with Crippen molar-refractivity contribution in [2.75, 3.05) is 32.6 Å². The quantitative estimate of drug-likeness (QED) is 0.158. The zero-order chi connectivity index (χ0) is 45.5. The van der Waals surface area contributed by atoms with E-state index in [0.29, 0.717) is 70.5 Å². The van der Waals surface area contributed by atoms with Crippen LogP contribution in [0.25, 0.3) is 31.5 Å². The Kier molecular flexibility index (Phi) is 16.9. The van der Waals surface area contributed by atoms with E-state index in [0.717, 1.165) is 67.6 Å². The van der Waals surface area contributed by atoms with Gasteiger partial charge in [-0.3, -0.25) is 19.6 Å². The van der Waals surface area contributed by atoms with Crippen molar-refractivity contribution in [2.24, 2.45) is 5.73 Å². The van der Waals surface area contributed by atoms with Gasteiger partial charge in [0.25, 0.3) is 0 Å². The van der Waals surface area contributed by atoms with E-state index < -0.39 is 0 Å². The van der Waals surface area contributed by atoms with Gasteiger partial charge in [0.2, 0.25) is 11.8 Å².